The fraction of sp³-hybridized carbons (Fsp3) is 0.250. The van der Waals surface area contributed by atoms with Gasteiger partial charge in [-0.2, -0.15) is 0 Å². The topological polar surface area (TPSA) is 51.2 Å². The van der Waals surface area contributed by atoms with Gasteiger partial charge >= 0.3 is 0 Å². The molecule has 0 bridgehead atoms. The van der Waals surface area contributed by atoms with Crippen LogP contribution in [0.15, 0.2) is 36.7 Å². The van der Waals surface area contributed by atoms with Crippen molar-refractivity contribution >= 4 is 5.91 Å². The van der Waals surface area contributed by atoms with E-state index in [4.69, 9.17) is 4.74 Å². The minimum absolute atomic E-state index is 0.290. The van der Waals surface area contributed by atoms with Crippen LogP contribution in [0.2, 0.25) is 0 Å². The fourth-order valence-corrected chi connectivity index (χ4v) is 1.96. The predicted molar refractivity (Wildman–Crippen MR) is 78.4 cm³/mol. The summed E-state index contributed by atoms with van der Waals surface area (Å²) in [4.78, 5) is 15.9. The molecule has 0 radical (unpaired) electrons. The van der Waals surface area contributed by atoms with E-state index in [1.54, 1.807) is 13.2 Å². The van der Waals surface area contributed by atoms with Gasteiger partial charge in [0, 0.05) is 44.3 Å². The Bertz CT molecular complexity index is 642. The van der Waals surface area contributed by atoms with Crippen molar-refractivity contribution in [1.82, 2.24) is 10.3 Å². The lowest BCUT2D eigenvalue weighted by atomic mass is 10.1. The highest BCUT2D eigenvalue weighted by Gasteiger charge is 2.09. The van der Waals surface area contributed by atoms with E-state index >= 15 is 0 Å². The molecule has 6 heteroatoms. The van der Waals surface area contributed by atoms with Crippen molar-refractivity contribution in [2.45, 2.75) is 6.42 Å². The highest BCUT2D eigenvalue weighted by molar-refractivity contribution is 5.95. The summed E-state index contributed by atoms with van der Waals surface area (Å²) < 4.78 is 31.4. The van der Waals surface area contributed by atoms with Crippen LogP contribution in [-0.2, 0) is 4.74 Å². The molecule has 0 spiro atoms. The van der Waals surface area contributed by atoms with E-state index in [1.165, 1.54) is 24.5 Å². The van der Waals surface area contributed by atoms with Crippen LogP contribution in [0, 0.1) is 11.6 Å². The van der Waals surface area contributed by atoms with Crippen molar-refractivity contribution in [1.29, 1.82) is 0 Å². The summed E-state index contributed by atoms with van der Waals surface area (Å²) in [5.41, 5.74) is 1.14. The van der Waals surface area contributed by atoms with E-state index in [1.807, 2.05) is 0 Å². The molecule has 0 aliphatic rings. The van der Waals surface area contributed by atoms with Gasteiger partial charge < -0.3 is 10.1 Å². The number of nitrogens with zero attached hydrogens (tertiary/aromatic N) is 1. The van der Waals surface area contributed by atoms with Gasteiger partial charge in [-0.1, -0.05) is 0 Å². The highest BCUT2D eigenvalue weighted by Crippen LogP contribution is 2.21. The van der Waals surface area contributed by atoms with Crippen LogP contribution in [0.1, 0.15) is 16.8 Å². The van der Waals surface area contributed by atoms with Gasteiger partial charge in [-0.15, -0.1) is 0 Å². The largest absolute Gasteiger partial charge is 0.385 e. The minimum atomic E-state index is -0.676. The number of aromatic nitrogens is 1. The first kappa shape index (κ1) is 16.0. The average molecular weight is 306 g/mol. The molecule has 116 valence electrons. The first-order valence-corrected chi connectivity index (χ1v) is 6.79. The SMILES string of the molecule is COCCCNC(=O)c1cncc(-c2cc(F)cc(F)c2)c1. The average Bonchev–Trinajstić information content (AvgIpc) is 2.50. The number of carbonyl (C=O) groups excluding carboxylic acids is 1. The number of nitrogens with one attached hydrogen (secondary N) is 1. The van der Waals surface area contributed by atoms with Crippen molar-refractivity contribution in [3.63, 3.8) is 0 Å². The van der Waals surface area contributed by atoms with Crippen LogP contribution in [0.4, 0.5) is 8.78 Å². The number of halogens is 2. The summed E-state index contributed by atoms with van der Waals surface area (Å²) in [6.45, 7) is 1.03. The normalized spacial score (nSPS) is 10.5. The third-order valence-corrected chi connectivity index (χ3v) is 3.01. The molecular formula is C16H16F2N2O2. The van der Waals surface area contributed by atoms with Crippen molar-refractivity contribution in [3.8, 4) is 11.1 Å². The number of amides is 1. The maximum Gasteiger partial charge on any atom is 0.252 e. The Hall–Kier alpha value is -2.34. The van der Waals surface area contributed by atoms with E-state index in [0.717, 1.165) is 6.07 Å². The summed E-state index contributed by atoms with van der Waals surface area (Å²) in [5.74, 6) is -1.64. The second-order valence-corrected chi connectivity index (χ2v) is 4.72. The zero-order valence-corrected chi connectivity index (χ0v) is 12.1. The predicted octanol–water partition coefficient (Wildman–Crippen LogP) is 2.79. The number of rotatable bonds is 6. The van der Waals surface area contributed by atoms with Crippen molar-refractivity contribution in [2.75, 3.05) is 20.3 Å². The molecule has 22 heavy (non-hydrogen) atoms. The number of pyridine rings is 1. The maximum absolute atomic E-state index is 13.3. The Morgan fingerprint density at radius 2 is 1.86 bits per heavy atom. The van der Waals surface area contributed by atoms with Crippen LogP contribution >= 0.6 is 0 Å². The van der Waals surface area contributed by atoms with Crippen LogP contribution in [0.25, 0.3) is 11.1 Å². The third-order valence-electron chi connectivity index (χ3n) is 3.01. The Morgan fingerprint density at radius 1 is 1.14 bits per heavy atom. The van der Waals surface area contributed by atoms with Crippen LogP contribution in [-0.4, -0.2) is 31.2 Å². The first-order valence-electron chi connectivity index (χ1n) is 6.79. The monoisotopic (exact) mass is 306 g/mol. The maximum atomic E-state index is 13.3. The lowest BCUT2D eigenvalue weighted by molar-refractivity contribution is 0.0948. The smallest absolute Gasteiger partial charge is 0.252 e. The second-order valence-electron chi connectivity index (χ2n) is 4.72. The van der Waals surface area contributed by atoms with E-state index in [0.29, 0.717) is 36.3 Å². The summed E-state index contributed by atoms with van der Waals surface area (Å²) in [7, 11) is 1.59. The van der Waals surface area contributed by atoms with Gasteiger partial charge in [0.25, 0.3) is 5.91 Å². The zero-order chi connectivity index (χ0) is 15.9. The standard InChI is InChI=1S/C16H16F2N2O2/c1-22-4-2-3-20-16(21)13-5-12(9-19-10-13)11-6-14(17)8-15(18)7-11/h5-10H,2-4H2,1H3,(H,20,21). The molecule has 1 N–H and O–H groups in total. The Kier molecular flexibility index (Phi) is 5.55. The number of hydrogen-bond donors (Lipinski definition) is 1. The molecule has 0 saturated carbocycles. The van der Waals surface area contributed by atoms with E-state index in [-0.39, 0.29) is 5.91 Å². The summed E-state index contributed by atoms with van der Waals surface area (Å²) in [6, 6.07) is 4.73. The number of ether oxygens (including phenoxy) is 1. The molecule has 1 amide bonds. The van der Waals surface area contributed by atoms with Gasteiger partial charge in [-0.25, -0.2) is 8.78 Å². The number of benzene rings is 1. The molecule has 0 fully saturated rings. The molecule has 0 aliphatic carbocycles. The molecule has 4 nitrogen and oxygen atoms in total. The summed E-state index contributed by atoms with van der Waals surface area (Å²) >= 11 is 0. The summed E-state index contributed by atoms with van der Waals surface area (Å²) in [6.07, 6.45) is 3.56. The van der Waals surface area contributed by atoms with Gasteiger partial charge in [0.1, 0.15) is 11.6 Å². The summed E-state index contributed by atoms with van der Waals surface area (Å²) in [5, 5.41) is 2.73. The number of hydrogen-bond acceptors (Lipinski definition) is 3. The number of methoxy groups -OCH3 is 1. The molecule has 1 heterocycles. The van der Waals surface area contributed by atoms with Crippen molar-refractivity contribution in [3.05, 3.63) is 53.9 Å². The van der Waals surface area contributed by atoms with Crippen molar-refractivity contribution < 1.29 is 18.3 Å². The molecule has 1 aromatic carbocycles. The zero-order valence-electron chi connectivity index (χ0n) is 12.1. The van der Waals surface area contributed by atoms with Gasteiger partial charge in [0.2, 0.25) is 0 Å². The van der Waals surface area contributed by atoms with Gasteiger partial charge in [0.15, 0.2) is 0 Å². The molecule has 2 aromatic rings. The number of carbonyl (C=O) groups is 1. The molecule has 1 aromatic heterocycles. The molecule has 0 atom stereocenters. The van der Waals surface area contributed by atoms with Gasteiger partial charge in [-0.05, 0) is 30.2 Å². The minimum Gasteiger partial charge on any atom is -0.385 e. The second kappa shape index (κ2) is 7.61. The first-order chi connectivity index (χ1) is 10.6. The molecule has 0 saturated heterocycles. The van der Waals surface area contributed by atoms with Gasteiger partial charge in [0.05, 0.1) is 5.56 Å². The van der Waals surface area contributed by atoms with E-state index in [2.05, 4.69) is 10.3 Å². The molecule has 0 unspecified atom stereocenters. The lowest BCUT2D eigenvalue weighted by Gasteiger charge is -2.07. The molecule has 2 rings (SSSR count). The lowest BCUT2D eigenvalue weighted by Crippen LogP contribution is -2.25. The van der Waals surface area contributed by atoms with Crippen LogP contribution < -0.4 is 5.32 Å². The highest BCUT2D eigenvalue weighted by atomic mass is 19.1. The Morgan fingerprint density at radius 3 is 2.55 bits per heavy atom. The molecule has 0 aliphatic heterocycles. The quantitative estimate of drug-likeness (QED) is 0.835. The van der Waals surface area contributed by atoms with Crippen LogP contribution in [0.5, 0.6) is 0 Å². The van der Waals surface area contributed by atoms with E-state index < -0.39 is 11.6 Å². The molecular weight excluding hydrogens is 290 g/mol. The fourth-order valence-electron chi connectivity index (χ4n) is 1.96. The van der Waals surface area contributed by atoms with Crippen LogP contribution in [0.3, 0.4) is 0 Å². The van der Waals surface area contributed by atoms with Gasteiger partial charge in [-0.3, -0.25) is 9.78 Å². The van der Waals surface area contributed by atoms with Crippen molar-refractivity contribution in [2.24, 2.45) is 0 Å². The Labute approximate surface area is 127 Å². The van der Waals surface area contributed by atoms with E-state index in [9.17, 15) is 13.6 Å². The Balaban J connectivity index is 2.14. The third kappa shape index (κ3) is 4.33.